The number of hydrogen-bond acceptors (Lipinski definition) is 7. The van der Waals surface area contributed by atoms with Crippen molar-refractivity contribution in [2.75, 3.05) is 18.9 Å². The lowest BCUT2D eigenvalue weighted by Gasteiger charge is -2.35. The first-order valence-corrected chi connectivity index (χ1v) is 8.62. The minimum Gasteiger partial charge on any atom is -0.495 e. The number of ether oxygens (including phenoxy) is 2. The summed E-state index contributed by atoms with van der Waals surface area (Å²) < 4.78 is 35.7. The Morgan fingerprint density at radius 3 is 2.81 bits per heavy atom. The van der Waals surface area contributed by atoms with Gasteiger partial charge in [-0.2, -0.15) is 0 Å². The van der Waals surface area contributed by atoms with Gasteiger partial charge in [0.05, 0.1) is 7.11 Å². The van der Waals surface area contributed by atoms with Crippen LogP contribution in [0.4, 0.5) is 5.95 Å². The summed E-state index contributed by atoms with van der Waals surface area (Å²) in [6, 6.07) is 3.56. The molecule has 2 aromatic heterocycles. The van der Waals surface area contributed by atoms with Gasteiger partial charge in [-0.15, -0.1) is 10.2 Å². The molecular formula is C15H18N6O4S. The molecule has 0 aromatic carbocycles. The van der Waals surface area contributed by atoms with Crippen molar-refractivity contribution in [3.63, 3.8) is 0 Å². The quantitative estimate of drug-likeness (QED) is 0.640. The van der Waals surface area contributed by atoms with E-state index in [1.807, 2.05) is 0 Å². The molecular weight excluding hydrogens is 360 g/mol. The first kappa shape index (κ1) is 18.0. The SMILES string of the molecule is COC1=C(n2c(NS(=O)O)nnc2-c2cccnc2)C(C)(OC)NC=C1. The number of aromatic nitrogens is 4. The van der Waals surface area contributed by atoms with Crippen LogP contribution in [-0.2, 0) is 20.7 Å². The van der Waals surface area contributed by atoms with Gasteiger partial charge in [-0.25, -0.2) is 8.93 Å². The predicted octanol–water partition coefficient (Wildman–Crippen LogP) is 1.18. The Kier molecular flexibility index (Phi) is 5.02. The van der Waals surface area contributed by atoms with E-state index in [2.05, 4.69) is 25.2 Å². The third-order valence-corrected chi connectivity index (χ3v) is 4.25. The highest BCUT2D eigenvalue weighted by Crippen LogP contribution is 2.35. The van der Waals surface area contributed by atoms with Crippen molar-refractivity contribution in [1.82, 2.24) is 25.1 Å². The Bertz CT molecular complexity index is 882. The maximum Gasteiger partial charge on any atom is 0.261 e. The molecule has 0 amide bonds. The van der Waals surface area contributed by atoms with Crippen LogP contribution < -0.4 is 10.0 Å². The number of rotatable bonds is 6. The summed E-state index contributed by atoms with van der Waals surface area (Å²) in [5.74, 6) is 0.926. The van der Waals surface area contributed by atoms with E-state index in [0.29, 0.717) is 22.8 Å². The molecule has 26 heavy (non-hydrogen) atoms. The monoisotopic (exact) mass is 378 g/mol. The van der Waals surface area contributed by atoms with Crippen LogP contribution >= 0.6 is 0 Å². The molecule has 0 aliphatic carbocycles. The number of methoxy groups -OCH3 is 2. The van der Waals surface area contributed by atoms with Gasteiger partial charge in [-0.3, -0.25) is 14.1 Å². The molecule has 0 radical (unpaired) electrons. The molecule has 2 aromatic rings. The van der Waals surface area contributed by atoms with E-state index in [9.17, 15) is 8.76 Å². The summed E-state index contributed by atoms with van der Waals surface area (Å²) in [7, 11) is 3.05. The number of dihydropyridines is 1. The van der Waals surface area contributed by atoms with Gasteiger partial charge in [-0.05, 0) is 25.1 Å². The van der Waals surface area contributed by atoms with Crippen LogP contribution in [0.2, 0.25) is 0 Å². The van der Waals surface area contributed by atoms with Crippen molar-refractivity contribution in [3.8, 4) is 11.4 Å². The van der Waals surface area contributed by atoms with Gasteiger partial charge >= 0.3 is 0 Å². The van der Waals surface area contributed by atoms with E-state index in [1.165, 1.54) is 14.2 Å². The Morgan fingerprint density at radius 1 is 1.38 bits per heavy atom. The van der Waals surface area contributed by atoms with Crippen LogP contribution in [0.25, 0.3) is 17.1 Å². The fourth-order valence-electron chi connectivity index (χ4n) is 2.62. The van der Waals surface area contributed by atoms with Crippen molar-refractivity contribution in [2.24, 2.45) is 0 Å². The van der Waals surface area contributed by atoms with Crippen molar-refractivity contribution in [3.05, 3.63) is 42.6 Å². The summed E-state index contributed by atoms with van der Waals surface area (Å²) >= 11 is -2.35. The maximum atomic E-state index is 11.3. The lowest BCUT2D eigenvalue weighted by Crippen LogP contribution is -2.46. The summed E-state index contributed by atoms with van der Waals surface area (Å²) in [6.07, 6.45) is 6.65. The fourth-order valence-corrected chi connectivity index (χ4v) is 2.91. The second-order valence-electron chi connectivity index (χ2n) is 5.41. The van der Waals surface area contributed by atoms with E-state index in [1.54, 1.807) is 48.3 Å². The largest absolute Gasteiger partial charge is 0.495 e. The molecule has 0 bridgehead atoms. The van der Waals surface area contributed by atoms with Gasteiger partial charge in [0.25, 0.3) is 11.3 Å². The average Bonchev–Trinajstić information content (AvgIpc) is 3.04. The highest BCUT2D eigenvalue weighted by atomic mass is 32.2. The van der Waals surface area contributed by atoms with E-state index in [0.717, 1.165) is 0 Å². The van der Waals surface area contributed by atoms with E-state index in [4.69, 9.17) is 9.47 Å². The number of allylic oxidation sites excluding steroid dienone is 1. The zero-order chi connectivity index (χ0) is 18.7. The summed E-state index contributed by atoms with van der Waals surface area (Å²) in [5, 5.41) is 11.3. The smallest absolute Gasteiger partial charge is 0.261 e. The zero-order valence-corrected chi connectivity index (χ0v) is 15.1. The lowest BCUT2D eigenvalue weighted by atomic mass is 10.1. The molecule has 3 rings (SSSR count). The summed E-state index contributed by atoms with van der Waals surface area (Å²) in [4.78, 5) is 4.09. The van der Waals surface area contributed by atoms with Crippen molar-refractivity contribution in [2.45, 2.75) is 12.6 Å². The number of nitrogens with zero attached hydrogens (tertiary/aromatic N) is 4. The first-order valence-electron chi connectivity index (χ1n) is 7.52. The van der Waals surface area contributed by atoms with E-state index >= 15 is 0 Å². The Hall–Kier alpha value is -2.76. The standard InChI is InChI=1S/C15H18N6O4S/c1-15(25-3)12(11(24-2)6-8-17-15)21-13(10-5-4-7-16-9-10)18-19-14(21)20-26(22)23/h4-9,17H,1-3H3,(H,19,20)(H,22,23). The molecule has 11 heteroatoms. The molecule has 2 atom stereocenters. The second-order valence-corrected chi connectivity index (χ2v) is 6.11. The predicted molar refractivity (Wildman–Crippen MR) is 95.6 cm³/mol. The van der Waals surface area contributed by atoms with Crippen LogP contribution in [0.5, 0.6) is 0 Å². The molecule has 1 aliphatic heterocycles. The van der Waals surface area contributed by atoms with Crippen LogP contribution in [0.1, 0.15) is 6.92 Å². The van der Waals surface area contributed by atoms with Gasteiger partial charge in [0.2, 0.25) is 5.95 Å². The van der Waals surface area contributed by atoms with Gasteiger partial charge < -0.3 is 14.8 Å². The Labute approximate surface area is 152 Å². The van der Waals surface area contributed by atoms with Crippen LogP contribution in [-0.4, -0.2) is 48.5 Å². The highest BCUT2D eigenvalue weighted by Gasteiger charge is 2.38. The van der Waals surface area contributed by atoms with Crippen LogP contribution in [0.3, 0.4) is 0 Å². The van der Waals surface area contributed by atoms with Gasteiger partial charge in [0.1, 0.15) is 11.5 Å². The zero-order valence-electron chi connectivity index (χ0n) is 14.3. The number of pyridine rings is 1. The Morgan fingerprint density at radius 2 is 2.19 bits per heavy atom. The van der Waals surface area contributed by atoms with Crippen molar-refractivity contribution in [1.29, 1.82) is 0 Å². The minimum atomic E-state index is -2.35. The van der Waals surface area contributed by atoms with Crippen LogP contribution in [0.15, 0.2) is 42.6 Å². The number of anilines is 1. The average molecular weight is 378 g/mol. The number of hydrogen-bond donors (Lipinski definition) is 3. The molecule has 10 nitrogen and oxygen atoms in total. The molecule has 3 heterocycles. The first-order chi connectivity index (χ1) is 12.5. The van der Waals surface area contributed by atoms with Crippen molar-refractivity contribution >= 4 is 22.9 Å². The second kappa shape index (κ2) is 7.23. The van der Waals surface area contributed by atoms with Gasteiger partial charge in [-0.1, -0.05) is 0 Å². The summed E-state index contributed by atoms with van der Waals surface area (Å²) in [6.45, 7) is 1.79. The normalized spacial score (nSPS) is 20.6. The topological polar surface area (TPSA) is 123 Å². The molecule has 0 fully saturated rings. The molecule has 2 unspecified atom stereocenters. The third kappa shape index (κ3) is 3.19. The molecule has 138 valence electrons. The molecule has 0 spiro atoms. The van der Waals surface area contributed by atoms with Gasteiger partial charge in [0.15, 0.2) is 11.5 Å². The maximum absolute atomic E-state index is 11.3. The van der Waals surface area contributed by atoms with Gasteiger partial charge in [0, 0.05) is 31.3 Å². The van der Waals surface area contributed by atoms with E-state index in [-0.39, 0.29) is 5.95 Å². The molecule has 1 aliphatic rings. The lowest BCUT2D eigenvalue weighted by molar-refractivity contribution is 0.0309. The van der Waals surface area contributed by atoms with Crippen LogP contribution in [0, 0.1) is 0 Å². The van der Waals surface area contributed by atoms with Crippen molar-refractivity contribution < 1.29 is 18.2 Å². The summed E-state index contributed by atoms with van der Waals surface area (Å²) in [5.41, 5.74) is 0.154. The third-order valence-electron chi connectivity index (χ3n) is 3.89. The molecule has 0 saturated heterocycles. The Balaban J connectivity index is 2.30. The van der Waals surface area contributed by atoms with E-state index < -0.39 is 17.0 Å². The fraction of sp³-hybridized carbons (Fsp3) is 0.267. The molecule has 0 saturated carbocycles. The molecule has 3 N–H and O–H groups in total. The minimum absolute atomic E-state index is 0.0506. The highest BCUT2D eigenvalue weighted by molar-refractivity contribution is 7.80. The number of nitrogens with one attached hydrogen (secondary N) is 2.